The summed E-state index contributed by atoms with van der Waals surface area (Å²) >= 11 is 5.78. The summed E-state index contributed by atoms with van der Waals surface area (Å²) in [6.45, 7) is 0.0922. The van der Waals surface area contributed by atoms with Gasteiger partial charge in [-0.05, 0) is 6.42 Å². The van der Waals surface area contributed by atoms with Crippen molar-refractivity contribution in [1.29, 1.82) is 0 Å². The number of aromatic nitrogens is 2. The molecule has 0 radical (unpaired) electrons. The fourth-order valence-electron chi connectivity index (χ4n) is 0.834. The van der Waals surface area contributed by atoms with Crippen LogP contribution in [-0.4, -0.2) is 23.2 Å². The number of nitrogens with one attached hydrogen (secondary N) is 2. The van der Waals surface area contributed by atoms with Gasteiger partial charge in [0.25, 0.3) is 0 Å². The van der Waals surface area contributed by atoms with Crippen molar-refractivity contribution < 1.29 is 4.39 Å². The fourth-order valence-corrected chi connectivity index (χ4v) is 0.992. The number of hydrogen-bond donors (Lipinski definition) is 3. The first-order valence-electron chi connectivity index (χ1n) is 4.07. The Bertz CT molecular complexity index is 295. The molecule has 0 saturated carbocycles. The van der Waals surface area contributed by atoms with E-state index in [1.54, 1.807) is 0 Å². The van der Waals surface area contributed by atoms with Gasteiger partial charge in [-0.25, -0.2) is 10.8 Å². The largest absolute Gasteiger partial charge is 0.369 e. The quantitative estimate of drug-likeness (QED) is 0.394. The summed E-state index contributed by atoms with van der Waals surface area (Å²) < 4.78 is 11.8. The third kappa shape index (κ3) is 2.97. The van der Waals surface area contributed by atoms with Gasteiger partial charge in [0.15, 0.2) is 5.82 Å². The minimum atomic E-state index is -0.377. The number of nitrogens with two attached hydrogens (primary N) is 1. The van der Waals surface area contributed by atoms with Crippen LogP contribution < -0.4 is 16.6 Å². The molecule has 14 heavy (non-hydrogen) atoms. The summed E-state index contributed by atoms with van der Waals surface area (Å²) in [4.78, 5) is 7.74. The van der Waals surface area contributed by atoms with Crippen molar-refractivity contribution >= 4 is 23.4 Å². The molecule has 0 amide bonds. The second-order valence-electron chi connectivity index (χ2n) is 2.50. The van der Waals surface area contributed by atoms with Crippen molar-refractivity contribution in [3.63, 3.8) is 0 Å². The predicted octanol–water partition coefficient (Wildman–Crippen LogP) is 1.19. The first-order valence-corrected chi connectivity index (χ1v) is 4.44. The van der Waals surface area contributed by atoms with E-state index in [1.807, 2.05) is 0 Å². The van der Waals surface area contributed by atoms with Crippen molar-refractivity contribution in [1.82, 2.24) is 9.97 Å². The Morgan fingerprint density at radius 1 is 1.57 bits per heavy atom. The van der Waals surface area contributed by atoms with E-state index < -0.39 is 0 Å². The van der Waals surface area contributed by atoms with Crippen molar-refractivity contribution in [2.75, 3.05) is 24.0 Å². The van der Waals surface area contributed by atoms with E-state index >= 15 is 0 Å². The molecule has 0 unspecified atom stereocenters. The molecule has 0 aliphatic rings. The lowest BCUT2D eigenvalue weighted by molar-refractivity contribution is 0.481. The van der Waals surface area contributed by atoms with E-state index in [0.717, 1.165) is 0 Å². The normalized spacial score (nSPS) is 9.93. The van der Waals surface area contributed by atoms with Crippen LogP contribution in [0.1, 0.15) is 6.42 Å². The Morgan fingerprint density at radius 2 is 2.36 bits per heavy atom. The summed E-state index contributed by atoms with van der Waals surface area (Å²) in [5.41, 5.74) is 2.29. The highest BCUT2D eigenvalue weighted by molar-refractivity contribution is 6.32. The van der Waals surface area contributed by atoms with Gasteiger partial charge in [-0.2, -0.15) is 4.98 Å². The van der Waals surface area contributed by atoms with Gasteiger partial charge in [-0.15, -0.1) is 0 Å². The highest BCUT2D eigenvalue weighted by Gasteiger charge is 2.03. The number of anilines is 2. The molecule has 1 aromatic heterocycles. The molecule has 4 N–H and O–H groups in total. The van der Waals surface area contributed by atoms with Crippen LogP contribution in [0.3, 0.4) is 0 Å². The molecule has 0 spiro atoms. The monoisotopic (exact) mass is 219 g/mol. The molecular formula is C7H11ClFN5. The third-order valence-electron chi connectivity index (χ3n) is 1.48. The standard InChI is InChI=1S/C7H11ClFN5/c8-5-4-12-7(14-10)13-6(5)11-3-1-2-9/h4H,1-3,10H2,(H2,11,12,13,14). The van der Waals surface area contributed by atoms with Crippen LogP contribution in [0.15, 0.2) is 6.20 Å². The second-order valence-corrected chi connectivity index (χ2v) is 2.91. The van der Waals surface area contributed by atoms with Gasteiger partial charge in [-0.1, -0.05) is 11.6 Å². The fraction of sp³-hybridized carbons (Fsp3) is 0.429. The molecule has 1 rings (SSSR count). The molecule has 0 aromatic carbocycles. The molecule has 0 bridgehead atoms. The van der Waals surface area contributed by atoms with E-state index in [9.17, 15) is 4.39 Å². The summed E-state index contributed by atoms with van der Waals surface area (Å²) in [5, 5.41) is 3.25. The highest BCUT2D eigenvalue weighted by Crippen LogP contribution is 2.18. The summed E-state index contributed by atoms with van der Waals surface area (Å²) in [7, 11) is 0. The first kappa shape index (κ1) is 10.9. The summed E-state index contributed by atoms with van der Waals surface area (Å²) in [5.74, 6) is 5.83. The number of hydrogen-bond acceptors (Lipinski definition) is 5. The SMILES string of the molecule is NNc1ncc(Cl)c(NCCCF)n1. The van der Waals surface area contributed by atoms with E-state index in [4.69, 9.17) is 17.4 Å². The molecule has 0 aliphatic carbocycles. The lowest BCUT2D eigenvalue weighted by Gasteiger charge is -2.06. The Hall–Kier alpha value is -1.14. The summed E-state index contributed by atoms with van der Waals surface area (Å²) in [6, 6.07) is 0. The number of hydrazine groups is 1. The maximum Gasteiger partial charge on any atom is 0.239 e. The number of halogens is 2. The van der Waals surface area contributed by atoms with Gasteiger partial charge < -0.3 is 5.32 Å². The molecule has 5 nitrogen and oxygen atoms in total. The molecule has 1 heterocycles. The molecular weight excluding hydrogens is 209 g/mol. The predicted molar refractivity (Wildman–Crippen MR) is 53.9 cm³/mol. The van der Waals surface area contributed by atoms with E-state index in [2.05, 4.69) is 20.7 Å². The molecule has 0 fully saturated rings. The van der Waals surface area contributed by atoms with Crippen molar-refractivity contribution in [3.8, 4) is 0 Å². The van der Waals surface area contributed by atoms with Crippen molar-refractivity contribution in [2.24, 2.45) is 5.84 Å². The van der Waals surface area contributed by atoms with Gasteiger partial charge >= 0.3 is 0 Å². The van der Waals surface area contributed by atoms with Gasteiger partial charge in [0.1, 0.15) is 5.02 Å². The zero-order valence-corrected chi connectivity index (χ0v) is 8.18. The van der Waals surface area contributed by atoms with Gasteiger partial charge in [0.05, 0.1) is 12.9 Å². The molecule has 0 saturated heterocycles. The number of rotatable bonds is 5. The highest BCUT2D eigenvalue weighted by atomic mass is 35.5. The average Bonchev–Trinajstić information content (AvgIpc) is 2.21. The van der Waals surface area contributed by atoms with E-state index in [-0.39, 0.29) is 12.6 Å². The zero-order valence-electron chi connectivity index (χ0n) is 7.43. The Labute approximate surface area is 85.8 Å². The Kier molecular flexibility index (Phi) is 4.34. The van der Waals surface area contributed by atoms with Crippen LogP contribution in [-0.2, 0) is 0 Å². The first-order chi connectivity index (χ1) is 6.77. The minimum Gasteiger partial charge on any atom is -0.369 e. The summed E-state index contributed by atoms with van der Waals surface area (Å²) in [6.07, 6.45) is 1.83. The average molecular weight is 220 g/mol. The van der Waals surface area contributed by atoms with E-state index in [1.165, 1.54) is 6.20 Å². The van der Waals surface area contributed by atoms with Crippen LogP contribution in [0.5, 0.6) is 0 Å². The van der Waals surface area contributed by atoms with Crippen LogP contribution in [0, 0.1) is 0 Å². The molecule has 0 aliphatic heterocycles. The lowest BCUT2D eigenvalue weighted by Crippen LogP contribution is -2.12. The van der Waals surface area contributed by atoms with Crippen LogP contribution in [0.2, 0.25) is 5.02 Å². The number of nitrogen functional groups attached to an aromatic ring is 1. The molecule has 0 atom stereocenters. The van der Waals surface area contributed by atoms with Crippen molar-refractivity contribution in [2.45, 2.75) is 6.42 Å². The van der Waals surface area contributed by atoms with Crippen LogP contribution in [0.25, 0.3) is 0 Å². The molecule has 1 aromatic rings. The van der Waals surface area contributed by atoms with Crippen LogP contribution >= 0.6 is 11.6 Å². The van der Waals surface area contributed by atoms with Gasteiger partial charge in [0.2, 0.25) is 5.95 Å². The molecule has 7 heteroatoms. The van der Waals surface area contributed by atoms with Gasteiger partial charge in [-0.3, -0.25) is 9.82 Å². The second kappa shape index (κ2) is 5.56. The third-order valence-corrected chi connectivity index (χ3v) is 1.75. The topological polar surface area (TPSA) is 75.9 Å². The smallest absolute Gasteiger partial charge is 0.239 e. The van der Waals surface area contributed by atoms with E-state index in [0.29, 0.717) is 23.8 Å². The Balaban J connectivity index is 2.64. The number of alkyl halides is 1. The van der Waals surface area contributed by atoms with Gasteiger partial charge in [0, 0.05) is 6.54 Å². The Morgan fingerprint density at radius 3 is 3.00 bits per heavy atom. The minimum absolute atomic E-state index is 0.261. The maximum atomic E-state index is 11.8. The maximum absolute atomic E-state index is 11.8. The zero-order chi connectivity index (χ0) is 10.4. The van der Waals surface area contributed by atoms with Crippen LogP contribution in [0.4, 0.5) is 16.2 Å². The van der Waals surface area contributed by atoms with Crippen molar-refractivity contribution in [3.05, 3.63) is 11.2 Å². The molecule has 78 valence electrons. The lowest BCUT2D eigenvalue weighted by atomic mass is 10.4. The number of nitrogens with zero attached hydrogens (tertiary/aromatic N) is 2.